The zero-order valence-corrected chi connectivity index (χ0v) is 12.8. The Kier molecular flexibility index (Phi) is 5.26. The summed E-state index contributed by atoms with van der Waals surface area (Å²) >= 11 is 0. The number of hydrogen-bond donors (Lipinski definition) is 1. The Hall–Kier alpha value is -1.97. The number of rotatable bonds is 5. The molecule has 110 valence electrons. The molecule has 0 radical (unpaired) electrons. The standard InChI is InChI=1S/C17H18N2O.ClH/c1-19(11-3-7-16-8-4-12-20-16)13-15-6-2-5-14-9-10-18-17(14)15;/h2-10,12,18H,11,13H2,1H3;1H/b7-3+;. The number of benzene rings is 1. The molecule has 3 nitrogen and oxygen atoms in total. The van der Waals surface area contributed by atoms with Crippen LogP contribution in [-0.2, 0) is 6.54 Å². The van der Waals surface area contributed by atoms with Crippen LogP contribution >= 0.6 is 12.4 Å². The van der Waals surface area contributed by atoms with Crippen LogP contribution in [-0.4, -0.2) is 23.5 Å². The summed E-state index contributed by atoms with van der Waals surface area (Å²) in [4.78, 5) is 5.59. The van der Waals surface area contributed by atoms with Crippen LogP contribution in [0, 0.1) is 0 Å². The average molecular weight is 303 g/mol. The molecule has 0 spiro atoms. The molecule has 4 heteroatoms. The van der Waals surface area contributed by atoms with Gasteiger partial charge in [-0.25, -0.2) is 0 Å². The Morgan fingerprint density at radius 2 is 2.10 bits per heavy atom. The summed E-state index contributed by atoms with van der Waals surface area (Å²) in [5.74, 6) is 0.893. The maximum Gasteiger partial charge on any atom is 0.126 e. The first-order valence-electron chi connectivity index (χ1n) is 6.76. The quantitative estimate of drug-likeness (QED) is 0.761. The molecule has 2 aromatic heterocycles. The van der Waals surface area contributed by atoms with Crippen molar-refractivity contribution in [2.24, 2.45) is 0 Å². The predicted octanol–water partition coefficient (Wildman–Crippen LogP) is 4.33. The number of aromatic amines is 1. The van der Waals surface area contributed by atoms with Crippen molar-refractivity contribution >= 4 is 29.4 Å². The molecule has 21 heavy (non-hydrogen) atoms. The Bertz CT molecular complexity index is 700. The zero-order valence-electron chi connectivity index (χ0n) is 12.0. The Morgan fingerprint density at radius 1 is 1.19 bits per heavy atom. The number of nitrogens with zero attached hydrogens (tertiary/aromatic N) is 1. The van der Waals surface area contributed by atoms with E-state index in [-0.39, 0.29) is 12.4 Å². The highest BCUT2D eigenvalue weighted by Crippen LogP contribution is 2.18. The maximum atomic E-state index is 5.27. The molecular formula is C17H19ClN2O. The molecule has 0 aliphatic heterocycles. The number of H-pyrrole nitrogens is 1. The highest BCUT2D eigenvalue weighted by Gasteiger charge is 2.04. The predicted molar refractivity (Wildman–Crippen MR) is 89.6 cm³/mol. The van der Waals surface area contributed by atoms with Gasteiger partial charge in [0.1, 0.15) is 5.76 Å². The fraction of sp³-hybridized carbons (Fsp3) is 0.176. The molecule has 3 aromatic rings. The number of para-hydroxylation sites is 1. The second-order valence-electron chi connectivity index (χ2n) is 4.97. The minimum absolute atomic E-state index is 0. The van der Waals surface area contributed by atoms with E-state index in [0.717, 1.165) is 18.8 Å². The van der Waals surface area contributed by atoms with E-state index >= 15 is 0 Å². The first-order chi connectivity index (χ1) is 9.83. The fourth-order valence-electron chi connectivity index (χ4n) is 2.37. The summed E-state index contributed by atoms with van der Waals surface area (Å²) in [6.07, 6.45) is 7.81. The van der Waals surface area contributed by atoms with Gasteiger partial charge >= 0.3 is 0 Å². The summed E-state index contributed by atoms with van der Waals surface area (Å²) in [6.45, 7) is 1.80. The largest absolute Gasteiger partial charge is 0.465 e. The van der Waals surface area contributed by atoms with E-state index in [1.165, 1.54) is 16.5 Å². The number of fused-ring (bicyclic) bond motifs is 1. The fourth-order valence-corrected chi connectivity index (χ4v) is 2.37. The Morgan fingerprint density at radius 3 is 2.90 bits per heavy atom. The lowest BCUT2D eigenvalue weighted by Gasteiger charge is -2.15. The van der Waals surface area contributed by atoms with Gasteiger partial charge in [-0.15, -0.1) is 12.4 Å². The third-order valence-electron chi connectivity index (χ3n) is 3.36. The van der Waals surface area contributed by atoms with Gasteiger partial charge in [0.15, 0.2) is 0 Å². The van der Waals surface area contributed by atoms with Crippen molar-refractivity contribution < 1.29 is 4.42 Å². The van der Waals surface area contributed by atoms with Gasteiger partial charge in [-0.05, 0) is 42.3 Å². The van der Waals surface area contributed by atoms with Crippen molar-refractivity contribution in [2.45, 2.75) is 6.54 Å². The Balaban J connectivity index is 0.00000161. The molecule has 0 aliphatic carbocycles. The number of likely N-dealkylation sites (N-methyl/N-ethyl adjacent to an activating group) is 1. The van der Waals surface area contributed by atoms with Crippen molar-refractivity contribution in [1.82, 2.24) is 9.88 Å². The highest BCUT2D eigenvalue weighted by molar-refractivity contribution is 5.85. The number of nitrogens with one attached hydrogen (secondary N) is 1. The highest BCUT2D eigenvalue weighted by atomic mass is 35.5. The van der Waals surface area contributed by atoms with Gasteiger partial charge in [0, 0.05) is 24.8 Å². The van der Waals surface area contributed by atoms with E-state index < -0.39 is 0 Å². The smallest absolute Gasteiger partial charge is 0.126 e. The van der Waals surface area contributed by atoms with E-state index in [1.54, 1.807) is 6.26 Å². The number of hydrogen-bond acceptors (Lipinski definition) is 2. The summed E-state index contributed by atoms with van der Waals surface area (Å²) in [6, 6.07) is 12.4. The van der Waals surface area contributed by atoms with Crippen LogP contribution < -0.4 is 0 Å². The van der Waals surface area contributed by atoms with Crippen LogP contribution in [0.4, 0.5) is 0 Å². The van der Waals surface area contributed by atoms with E-state index in [4.69, 9.17) is 4.42 Å². The molecule has 1 N–H and O–H groups in total. The first kappa shape index (κ1) is 15.4. The van der Waals surface area contributed by atoms with Crippen molar-refractivity contribution in [3.05, 3.63) is 66.3 Å². The topological polar surface area (TPSA) is 32.2 Å². The SMILES string of the molecule is CN(C/C=C/c1ccco1)Cc1cccc2cc[nH]c12.Cl. The van der Waals surface area contributed by atoms with Gasteiger partial charge in [-0.2, -0.15) is 0 Å². The van der Waals surface area contributed by atoms with Crippen LogP contribution in [0.2, 0.25) is 0 Å². The van der Waals surface area contributed by atoms with E-state index in [1.807, 2.05) is 24.4 Å². The van der Waals surface area contributed by atoms with Gasteiger partial charge in [-0.3, -0.25) is 4.90 Å². The van der Waals surface area contributed by atoms with Crippen LogP contribution in [0.5, 0.6) is 0 Å². The lowest BCUT2D eigenvalue weighted by Crippen LogP contribution is -2.17. The van der Waals surface area contributed by atoms with Gasteiger partial charge < -0.3 is 9.40 Å². The summed E-state index contributed by atoms with van der Waals surface area (Å²) in [5.41, 5.74) is 2.55. The molecular weight excluding hydrogens is 284 g/mol. The molecule has 0 unspecified atom stereocenters. The second-order valence-corrected chi connectivity index (χ2v) is 4.97. The van der Waals surface area contributed by atoms with E-state index in [9.17, 15) is 0 Å². The van der Waals surface area contributed by atoms with Crippen LogP contribution in [0.25, 0.3) is 17.0 Å². The van der Waals surface area contributed by atoms with Crippen molar-refractivity contribution in [3.8, 4) is 0 Å². The van der Waals surface area contributed by atoms with E-state index in [2.05, 4.69) is 47.3 Å². The van der Waals surface area contributed by atoms with Gasteiger partial charge in [0.25, 0.3) is 0 Å². The first-order valence-corrected chi connectivity index (χ1v) is 6.76. The lowest BCUT2D eigenvalue weighted by atomic mass is 10.1. The normalized spacial score (nSPS) is 11.3. The van der Waals surface area contributed by atoms with Gasteiger partial charge in [0.2, 0.25) is 0 Å². The lowest BCUT2D eigenvalue weighted by molar-refractivity contribution is 0.365. The molecule has 2 heterocycles. The monoisotopic (exact) mass is 302 g/mol. The van der Waals surface area contributed by atoms with Crippen LogP contribution in [0.3, 0.4) is 0 Å². The molecule has 0 atom stereocenters. The molecule has 1 aromatic carbocycles. The average Bonchev–Trinajstić information content (AvgIpc) is 3.09. The molecule has 0 saturated carbocycles. The van der Waals surface area contributed by atoms with Crippen molar-refractivity contribution in [3.63, 3.8) is 0 Å². The molecule has 0 fully saturated rings. The maximum absolute atomic E-state index is 5.27. The molecule has 0 saturated heterocycles. The third kappa shape index (κ3) is 3.78. The molecule has 0 bridgehead atoms. The minimum atomic E-state index is 0. The van der Waals surface area contributed by atoms with Gasteiger partial charge in [-0.1, -0.05) is 24.3 Å². The minimum Gasteiger partial charge on any atom is -0.465 e. The zero-order chi connectivity index (χ0) is 13.8. The van der Waals surface area contributed by atoms with E-state index in [0.29, 0.717) is 0 Å². The van der Waals surface area contributed by atoms with Gasteiger partial charge in [0.05, 0.1) is 6.26 Å². The number of aromatic nitrogens is 1. The molecule has 0 aliphatic rings. The summed E-state index contributed by atoms with van der Waals surface area (Å²) in [5, 5.41) is 1.27. The molecule has 0 amide bonds. The summed E-state index contributed by atoms with van der Waals surface area (Å²) < 4.78 is 5.27. The second kappa shape index (κ2) is 7.16. The number of furan rings is 1. The van der Waals surface area contributed by atoms with Crippen LogP contribution in [0.1, 0.15) is 11.3 Å². The molecule has 3 rings (SSSR count). The van der Waals surface area contributed by atoms with Crippen LogP contribution in [0.15, 0.2) is 59.4 Å². The Labute approximate surface area is 130 Å². The number of halogens is 1. The van der Waals surface area contributed by atoms with Crippen molar-refractivity contribution in [1.29, 1.82) is 0 Å². The van der Waals surface area contributed by atoms with Crippen molar-refractivity contribution in [2.75, 3.05) is 13.6 Å². The third-order valence-corrected chi connectivity index (χ3v) is 3.36. The summed E-state index contributed by atoms with van der Waals surface area (Å²) in [7, 11) is 2.12.